The van der Waals surface area contributed by atoms with Crippen LogP contribution in [-0.2, 0) is 10.0 Å². The molecule has 8 heteroatoms. The average Bonchev–Trinajstić information content (AvgIpc) is 2.54. The van der Waals surface area contributed by atoms with E-state index >= 15 is 0 Å². The fourth-order valence-electron chi connectivity index (χ4n) is 1.66. The van der Waals surface area contributed by atoms with E-state index in [0.29, 0.717) is 11.8 Å². The zero-order valence-electron chi connectivity index (χ0n) is 12.7. The van der Waals surface area contributed by atoms with Crippen LogP contribution in [0.15, 0.2) is 41.4 Å². The highest BCUT2D eigenvalue weighted by Crippen LogP contribution is 2.15. The minimum Gasteiger partial charge on any atom is -0.479 e. The Hall–Kier alpha value is -2.50. The number of nitrogens with zero attached hydrogens (tertiary/aromatic N) is 1. The smallest absolute Gasteiger partial charge is 0.244 e. The normalized spacial score (nSPS) is 10.8. The van der Waals surface area contributed by atoms with Gasteiger partial charge in [-0.1, -0.05) is 11.8 Å². The van der Waals surface area contributed by atoms with E-state index < -0.39 is 26.6 Å². The molecule has 5 nitrogen and oxygen atoms in total. The van der Waals surface area contributed by atoms with Gasteiger partial charge >= 0.3 is 0 Å². The van der Waals surface area contributed by atoms with E-state index in [-0.39, 0.29) is 13.2 Å². The summed E-state index contributed by atoms with van der Waals surface area (Å²) in [5.74, 6) is 3.79. The average molecular weight is 352 g/mol. The summed E-state index contributed by atoms with van der Waals surface area (Å²) in [7, 11) is -4.18. The largest absolute Gasteiger partial charge is 0.479 e. The Morgan fingerprint density at radius 1 is 1.21 bits per heavy atom. The number of ether oxygens (including phenoxy) is 1. The second-order valence-corrected chi connectivity index (χ2v) is 6.41. The first-order chi connectivity index (χ1) is 11.4. The van der Waals surface area contributed by atoms with Crippen LogP contribution in [0.2, 0.25) is 0 Å². The summed E-state index contributed by atoms with van der Waals surface area (Å²) < 4.78 is 57.6. The maximum Gasteiger partial charge on any atom is 0.244 e. The van der Waals surface area contributed by atoms with Gasteiger partial charge in [-0.05, 0) is 37.3 Å². The third-order valence-corrected chi connectivity index (χ3v) is 4.27. The Morgan fingerprint density at radius 2 is 2.00 bits per heavy atom. The lowest BCUT2D eigenvalue weighted by Crippen LogP contribution is -2.25. The van der Waals surface area contributed by atoms with Gasteiger partial charge in [-0.15, -0.1) is 0 Å². The lowest BCUT2D eigenvalue weighted by Gasteiger charge is -2.05. The summed E-state index contributed by atoms with van der Waals surface area (Å²) in [6, 6.07) is 5.72. The van der Waals surface area contributed by atoms with Crippen molar-refractivity contribution in [3.8, 4) is 17.6 Å². The van der Waals surface area contributed by atoms with Crippen LogP contribution >= 0.6 is 0 Å². The van der Waals surface area contributed by atoms with Crippen LogP contribution in [0.4, 0.5) is 8.78 Å². The molecule has 0 saturated heterocycles. The summed E-state index contributed by atoms with van der Waals surface area (Å²) in [5.41, 5.74) is 0.854. The van der Waals surface area contributed by atoms with Crippen molar-refractivity contribution in [3.05, 3.63) is 53.9 Å². The SMILES string of the molecule is Cc1ccc(OCC#CCNS(=O)(=O)c2cc(F)ccc2F)cn1. The van der Waals surface area contributed by atoms with Crippen LogP contribution in [-0.4, -0.2) is 26.6 Å². The third kappa shape index (κ3) is 5.01. The molecule has 0 amide bonds. The summed E-state index contributed by atoms with van der Waals surface area (Å²) in [5, 5.41) is 0. The highest BCUT2D eigenvalue weighted by atomic mass is 32.2. The first kappa shape index (κ1) is 17.8. The molecule has 0 radical (unpaired) electrons. The van der Waals surface area contributed by atoms with Gasteiger partial charge in [0, 0.05) is 5.69 Å². The number of aromatic nitrogens is 1. The Balaban J connectivity index is 1.87. The zero-order chi connectivity index (χ0) is 17.6. The van der Waals surface area contributed by atoms with E-state index in [1.54, 1.807) is 18.3 Å². The number of halogens is 2. The van der Waals surface area contributed by atoms with E-state index in [4.69, 9.17) is 4.74 Å². The van der Waals surface area contributed by atoms with Crippen molar-refractivity contribution in [2.24, 2.45) is 0 Å². The molecule has 1 heterocycles. The second-order valence-electron chi connectivity index (χ2n) is 4.68. The summed E-state index contributed by atoms with van der Waals surface area (Å²) >= 11 is 0. The molecule has 0 aliphatic carbocycles. The van der Waals surface area contributed by atoms with Gasteiger partial charge in [-0.3, -0.25) is 4.98 Å². The first-order valence-electron chi connectivity index (χ1n) is 6.84. The standard InChI is InChI=1S/C16H14F2N2O3S/c1-12-4-6-14(11-19-12)23-9-3-2-8-20-24(21,22)16-10-13(17)5-7-15(16)18/h4-7,10-11,20H,8-9H2,1H3. The quantitative estimate of drug-likeness (QED) is 0.836. The molecular formula is C16H14F2N2O3S. The molecule has 0 aliphatic heterocycles. The van der Waals surface area contributed by atoms with Crippen molar-refractivity contribution in [1.82, 2.24) is 9.71 Å². The molecule has 126 valence electrons. The van der Waals surface area contributed by atoms with Crippen molar-refractivity contribution in [3.63, 3.8) is 0 Å². The molecule has 0 unspecified atom stereocenters. The van der Waals surface area contributed by atoms with Crippen molar-refractivity contribution >= 4 is 10.0 Å². The van der Waals surface area contributed by atoms with Gasteiger partial charge < -0.3 is 4.74 Å². The van der Waals surface area contributed by atoms with E-state index in [0.717, 1.165) is 17.8 Å². The molecule has 2 rings (SSSR count). The molecule has 24 heavy (non-hydrogen) atoms. The number of sulfonamides is 1. The van der Waals surface area contributed by atoms with Crippen LogP contribution < -0.4 is 9.46 Å². The van der Waals surface area contributed by atoms with Gasteiger partial charge in [0.05, 0.1) is 12.7 Å². The molecule has 0 spiro atoms. The van der Waals surface area contributed by atoms with Crippen LogP contribution in [0.25, 0.3) is 0 Å². The van der Waals surface area contributed by atoms with E-state index in [1.807, 2.05) is 6.92 Å². The molecule has 0 fully saturated rings. The fourth-order valence-corrected chi connectivity index (χ4v) is 2.67. The molecular weight excluding hydrogens is 338 g/mol. The lowest BCUT2D eigenvalue weighted by atomic mass is 10.3. The third-order valence-electron chi connectivity index (χ3n) is 2.85. The molecule has 1 aromatic carbocycles. The maximum atomic E-state index is 13.5. The topological polar surface area (TPSA) is 68.3 Å². The summed E-state index contributed by atoms with van der Waals surface area (Å²) in [4.78, 5) is 3.29. The minimum absolute atomic E-state index is 0.0425. The number of pyridine rings is 1. The van der Waals surface area contributed by atoms with Crippen LogP contribution in [0.1, 0.15) is 5.69 Å². The molecule has 0 atom stereocenters. The maximum absolute atomic E-state index is 13.5. The Bertz CT molecular complexity index is 872. The first-order valence-corrected chi connectivity index (χ1v) is 8.33. The summed E-state index contributed by atoms with van der Waals surface area (Å²) in [6.07, 6.45) is 1.55. The monoisotopic (exact) mass is 352 g/mol. The lowest BCUT2D eigenvalue weighted by molar-refractivity contribution is 0.368. The number of hydrogen-bond acceptors (Lipinski definition) is 4. The number of hydrogen-bond donors (Lipinski definition) is 1. The van der Waals surface area contributed by atoms with Gasteiger partial charge in [-0.2, -0.15) is 4.72 Å². The van der Waals surface area contributed by atoms with Crippen molar-refractivity contribution < 1.29 is 21.9 Å². The molecule has 2 aromatic rings. The highest BCUT2D eigenvalue weighted by molar-refractivity contribution is 7.89. The zero-order valence-corrected chi connectivity index (χ0v) is 13.5. The Morgan fingerprint density at radius 3 is 2.71 bits per heavy atom. The van der Waals surface area contributed by atoms with Gasteiger partial charge in [0.1, 0.15) is 28.9 Å². The predicted octanol–water partition coefficient (Wildman–Crippen LogP) is 2.03. The molecule has 0 aliphatic rings. The van der Waals surface area contributed by atoms with E-state index in [9.17, 15) is 17.2 Å². The van der Waals surface area contributed by atoms with Gasteiger partial charge in [0.25, 0.3) is 0 Å². The van der Waals surface area contributed by atoms with Gasteiger partial charge in [-0.25, -0.2) is 17.2 Å². The Kier molecular flexibility index (Phi) is 5.84. The van der Waals surface area contributed by atoms with Gasteiger partial charge in [0.2, 0.25) is 10.0 Å². The van der Waals surface area contributed by atoms with Crippen LogP contribution in [0.5, 0.6) is 5.75 Å². The van der Waals surface area contributed by atoms with Crippen LogP contribution in [0, 0.1) is 30.4 Å². The van der Waals surface area contributed by atoms with Crippen molar-refractivity contribution in [2.75, 3.05) is 13.2 Å². The van der Waals surface area contributed by atoms with Crippen LogP contribution in [0.3, 0.4) is 0 Å². The van der Waals surface area contributed by atoms with Crippen molar-refractivity contribution in [1.29, 1.82) is 0 Å². The van der Waals surface area contributed by atoms with Gasteiger partial charge in [0.15, 0.2) is 0 Å². The number of aryl methyl sites for hydroxylation is 1. The fraction of sp³-hybridized carbons (Fsp3) is 0.188. The Labute approximate surface area is 138 Å². The second kappa shape index (κ2) is 7.86. The number of benzene rings is 1. The molecule has 1 aromatic heterocycles. The number of nitrogens with one attached hydrogen (secondary N) is 1. The predicted molar refractivity (Wildman–Crippen MR) is 83.8 cm³/mol. The molecule has 1 N–H and O–H groups in total. The minimum atomic E-state index is -4.18. The molecule has 0 saturated carbocycles. The molecule has 0 bridgehead atoms. The number of rotatable bonds is 5. The summed E-state index contributed by atoms with van der Waals surface area (Å²) in [6.45, 7) is 1.63. The van der Waals surface area contributed by atoms with Crippen molar-refractivity contribution in [2.45, 2.75) is 11.8 Å². The highest BCUT2D eigenvalue weighted by Gasteiger charge is 2.18. The van der Waals surface area contributed by atoms with E-state index in [1.165, 1.54) is 0 Å². The van der Waals surface area contributed by atoms with E-state index in [2.05, 4.69) is 21.5 Å².